The van der Waals surface area contributed by atoms with Crippen molar-refractivity contribution in [1.82, 2.24) is 0 Å². The van der Waals surface area contributed by atoms with Crippen LogP contribution in [0.1, 0.15) is 13.3 Å². The van der Waals surface area contributed by atoms with Crippen molar-refractivity contribution in [1.29, 1.82) is 0 Å². The van der Waals surface area contributed by atoms with E-state index in [-0.39, 0.29) is 0 Å². The minimum Gasteiger partial charge on any atom is -0.451 e. The van der Waals surface area contributed by atoms with Crippen LogP contribution in [0.5, 0.6) is 0 Å². The number of carbonyl (C=O) groups is 2. The number of rotatable bonds is 4. The first kappa shape index (κ1) is 19.3. The fourth-order valence-corrected chi connectivity index (χ4v) is 1.93. The predicted molar refractivity (Wildman–Crippen MR) is 60.7 cm³/mol. The van der Waals surface area contributed by atoms with Crippen molar-refractivity contribution in [3.63, 3.8) is 0 Å². The monoisotopic (exact) mass is 350 g/mol. The average molecular weight is 350 g/mol. The maximum atomic E-state index is 12.8. The van der Waals surface area contributed by atoms with Crippen LogP contribution in [0.15, 0.2) is 12.7 Å². The number of alkyl halides is 6. The fourth-order valence-electron chi connectivity index (χ4n) is 1.93. The topological polar surface area (TPSA) is 61.8 Å². The first-order valence-electron chi connectivity index (χ1n) is 6.14. The van der Waals surface area contributed by atoms with Crippen LogP contribution in [0.2, 0.25) is 0 Å². The molecule has 0 radical (unpaired) electrons. The standard InChI is InChI=1S/C12H12F6O5/c1-3-7(19)21-5-8(20)22-9-6(2)4-10(23-9,11(13,14)15)12(16,17)18/h3,6,9H,1,4-5H2,2H3. The van der Waals surface area contributed by atoms with Crippen LogP contribution in [0.25, 0.3) is 0 Å². The Kier molecular flexibility index (Phi) is 5.34. The van der Waals surface area contributed by atoms with E-state index in [0.717, 1.165) is 6.92 Å². The van der Waals surface area contributed by atoms with E-state index in [4.69, 9.17) is 0 Å². The van der Waals surface area contributed by atoms with Crippen molar-refractivity contribution < 1.29 is 50.1 Å². The summed E-state index contributed by atoms with van der Waals surface area (Å²) >= 11 is 0. The fraction of sp³-hybridized carbons (Fsp3) is 0.667. The molecule has 1 rings (SSSR count). The van der Waals surface area contributed by atoms with Gasteiger partial charge in [0.2, 0.25) is 6.29 Å². The van der Waals surface area contributed by atoms with E-state index >= 15 is 0 Å². The molecule has 0 aliphatic carbocycles. The molecule has 1 aliphatic rings. The Balaban J connectivity index is 2.83. The summed E-state index contributed by atoms with van der Waals surface area (Å²) < 4.78 is 89.7. The second-order valence-corrected chi connectivity index (χ2v) is 4.79. The molecular weight excluding hydrogens is 338 g/mol. The lowest BCUT2D eigenvalue weighted by molar-refractivity contribution is -0.385. The van der Waals surface area contributed by atoms with Gasteiger partial charge in [0.1, 0.15) is 0 Å². The SMILES string of the molecule is C=CC(=O)OCC(=O)OC1OC(C(F)(F)F)(C(F)(F)F)CC1C. The van der Waals surface area contributed by atoms with Crippen LogP contribution in [-0.4, -0.2) is 42.8 Å². The Bertz CT molecular complexity index is 469. The quantitative estimate of drug-likeness (QED) is 0.443. The smallest absolute Gasteiger partial charge is 0.426 e. The van der Waals surface area contributed by atoms with Gasteiger partial charge in [-0.05, 0) is 0 Å². The van der Waals surface area contributed by atoms with Gasteiger partial charge >= 0.3 is 24.3 Å². The summed E-state index contributed by atoms with van der Waals surface area (Å²) in [6, 6.07) is 0. The van der Waals surface area contributed by atoms with Gasteiger partial charge in [0.25, 0.3) is 5.60 Å². The molecule has 0 bridgehead atoms. The Morgan fingerprint density at radius 1 is 1.26 bits per heavy atom. The maximum absolute atomic E-state index is 12.8. The summed E-state index contributed by atoms with van der Waals surface area (Å²) in [4.78, 5) is 22.0. The Labute approximate surface area is 126 Å². The minimum absolute atomic E-state index is 0.709. The van der Waals surface area contributed by atoms with Gasteiger partial charge in [-0.15, -0.1) is 0 Å². The van der Waals surface area contributed by atoms with Gasteiger partial charge in [-0.2, -0.15) is 26.3 Å². The first-order chi connectivity index (χ1) is 10.3. The summed E-state index contributed by atoms with van der Waals surface area (Å²) in [5, 5.41) is 0. The lowest BCUT2D eigenvalue weighted by atomic mass is 9.93. The van der Waals surface area contributed by atoms with Gasteiger partial charge in [0.15, 0.2) is 6.61 Å². The zero-order valence-electron chi connectivity index (χ0n) is 11.7. The third-order valence-electron chi connectivity index (χ3n) is 3.05. The summed E-state index contributed by atoms with van der Waals surface area (Å²) in [6.45, 7) is 3.03. The van der Waals surface area contributed by atoms with Crippen molar-refractivity contribution >= 4 is 11.9 Å². The van der Waals surface area contributed by atoms with E-state index in [9.17, 15) is 35.9 Å². The molecule has 132 valence electrons. The highest BCUT2D eigenvalue weighted by atomic mass is 19.4. The number of halogens is 6. The molecule has 1 fully saturated rings. The van der Waals surface area contributed by atoms with Gasteiger partial charge in [-0.1, -0.05) is 13.5 Å². The summed E-state index contributed by atoms with van der Waals surface area (Å²) in [5.41, 5.74) is -4.41. The summed E-state index contributed by atoms with van der Waals surface area (Å²) in [6.07, 6.45) is -14.3. The zero-order valence-corrected chi connectivity index (χ0v) is 11.7. The third-order valence-corrected chi connectivity index (χ3v) is 3.05. The number of esters is 2. The molecule has 11 heteroatoms. The molecule has 2 atom stereocenters. The molecule has 0 saturated carbocycles. The molecule has 0 N–H and O–H groups in total. The molecule has 0 amide bonds. The molecule has 0 aromatic rings. The van der Waals surface area contributed by atoms with Crippen molar-refractivity contribution in [3.8, 4) is 0 Å². The van der Waals surface area contributed by atoms with Crippen molar-refractivity contribution in [2.75, 3.05) is 6.61 Å². The van der Waals surface area contributed by atoms with Gasteiger partial charge in [-0.25, -0.2) is 9.59 Å². The van der Waals surface area contributed by atoms with Crippen LogP contribution in [0.4, 0.5) is 26.3 Å². The van der Waals surface area contributed by atoms with Crippen LogP contribution < -0.4 is 0 Å². The molecule has 0 aromatic carbocycles. The van der Waals surface area contributed by atoms with Crippen molar-refractivity contribution in [2.24, 2.45) is 5.92 Å². The predicted octanol–water partition coefficient (Wildman–Crippen LogP) is 2.50. The Morgan fingerprint density at radius 2 is 1.78 bits per heavy atom. The Morgan fingerprint density at radius 3 is 2.17 bits per heavy atom. The molecular formula is C12H12F6O5. The molecule has 1 aliphatic heterocycles. The molecule has 2 unspecified atom stereocenters. The lowest BCUT2D eigenvalue weighted by Gasteiger charge is -2.32. The van der Waals surface area contributed by atoms with E-state index in [2.05, 4.69) is 20.8 Å². The zero-order chi connectivity index (χ0) is 18.1. The van der Waals surface area contributed by atoms with Gasteiger partial charge < -0.3 is 14.2 Å². The number of ether oxygens (including phenoxy) is 3. The van der Waals surface area contributed by atoms with E-state index in [1.807, 2.05) is 0 Å². The van der Waals surface area contributed by atoms with E-state index in [1.54, 1.807) is 0 Å². The maximum Gasteiger partial charge on any atom is 0.426 e. The van der Waals surface area contributed by atoms with Crippen LogP contribution in [0.3, 0.4) is 0 Å². The van der Waals surface area contributed by atoms with Crippen LogP contribution in [0, 0.1) is 5.92 Å². The van der Waals surface area contributed by atoms with Crippen LogP contribution >= 0.6 is 0 Å². The highest BCUT2D eigenvalue weighted by Gasteiger charge is 2.76. The van der Waals surface area contributed by atoms with E-state index < -0.39 is 55.1 Å². The average Bonchev–Trinajstić information content (AvgIpc) is 2.73. The highest BCUT2D eigenvalue weighted by Crippen LogP contribution is 2.54. The largest absolute Gasteiger partial charge is 0.451 e. The summed E-state index contributed by atoms with van der Waals surface area (Å²) in [5.74, 6) is -3.74. The first-order valence-corrected chi connectivity index (χ1v) is 6.14. The number of carbonyl (C=O) groups excluding carboxylic acids is 2. The number of hydrogen-bond donors (Lipinski definition) is 0. The van der Waals surface area contributed by atoms with Crippen LogP contribution in [-0.2, 0) is 23.8 Å². The molecule has 5 nitrogen and oxygen atoms in total. The molecule has 1 heterocycles. The van der Waals surface area contributed by atoms with E-state index in [1.165, 1.54) is 0 Å². The Hall–Kier alpha value is -1.78. The molecule has 23 heavy (non-hydrogen) atoms. The van der Waals surface area contributed by atoms with E-state index in [0.29, 0.717) is 6.08 Å². The minimum atomic E-state index is -5.74. The molecule has 0 spiro atoms. The molecule has 0 aromatic heterocycles. The number of hydrogen-bond acceptors (Lipinski definition) is 5. The van der Waals surface area contributed by atoms with Gasteiger partial charge in [0, 0.05) is 18.4 Å². The van der Waals surface area contributed by atoms with Crippen molar-refractivity contribution in [2.45, 2.75) is 37.6 Å². The third kappa shape index (κ3) is 3.95. The lowest BCUT2D eigenvalue weighted by Crippen LogP contribution is -2.57. The summed E-state index contributed by atoms with van der Waals surface area (Å²) in [7, 11) is 0. The highest BCUT2D eigenvalue weighted by molar-refractivity contribution is 5.83. The molecule has 1 saturated heterocycles. The normalized spacial score (nSPS) is 24.1. The van der Waals surface area contributed by atoms with Gasteiger partial charge in [0.05, 0.1) is 0 Å². The van der Waals surface area contributed by atoms with Crippen molar-refractivity contribution in [3.05, 3.63) is 12.7 Å². The van der Waals surface area contributed by atoms with Gasteiger partial charge in [-0.3, -0.25) is 0 Å². The second-order valence-electron chi connectivity index (χ2n) is 4.79. The second kappa shape index (κ2) is 6.38.